The summed E-state index contributed by atoms with van der Waals surface area (Å²) in [5.74, 6) is 0.0146. The third kappa shape index (κ3) is 2.98. The number of likely N-dealkylation sites (tertiary alicyclic amines) is 1. The van der Waals surface area contributed by atoms with Crippen LogP contribution in [0.3, 0.4) is 0 Å². The summed E-state index contributed by atoms with van der Waals surface area (Å²) in [4.78, 5) is 15.5. The molecule has 3 rings (SSSR count). The fourth-order valence-corrected chi connectivity index (χ4v) is 3.40. The topological polar surface area (TPSA) is 44.1 Å². The van der Waals surface area contributed by atoms with Crippen molar-refractivity contribution >= 4 is 17.2 Å². The zero-order valence-electron chi connectivity index (χ0n) is 11.7. The summed E-state index contributed by atoms with van der Waals surface area (Å²) in [6.07, 6.45) is 1.81. The number of carbonyl (C=O) groups is 1. The molecule has 1 atom stereocenters. The second-order valence-corrected chi connectivity index (χ2v) is 6.22. The predicted octanol–water partition coefficient (Wildman–Crippen LogP) is 3.79. The van der Waals surface area contributed by atoms with Crippen LogP contribution in [0.5, 0.6) is 0 Å². The molecule has 0 radical (unpaired) electrons. The smallest absolute Gasteiger partial charge is 0.253 e. The average Bonchev–Trinajstić information content (AvgIpc) is 3.09. The highest BCUT2D eigenvalue weighted by Gasteiger charge is 2.24. The molecular formula is C17H16N2OS. The number of thiophene rings is 1. The van der Waals surface area contributed by atoms with Gasteiger partial charge in [0.2, 0.25) is 0 Å². The first-order valence-electron chi connectivity index (χ1n) is 7.11. The van der Waals surface area contributed by atoms with Gasteiger partial charge in [-0.1, -0.05) is 18.2 Å². The van der Waals surface area contributed by atoms with Gasteiger partial charge < -0.3 is 4.90 Å². The minimum absolute atomic E-state index is 0.0203. The molecule has 1 aromatic carbocycles. The highest BCUT2D eigenvalue weighted by atomic mass is 32.1. The molecule has 0 bridgehead atoms. The van der Waals surface area contributed by atoms with Crippen molar-refractivity contribution in [2.24, 2.45) is 5.92 Å². The van der Waals surface area contributed by atoms with Crippen molar-refractivity contribution in [1.82, 2.24) is 4.90 Å². The molecule has 0 saturated carbocycles. The van der Waals surface area contributed by atoms with Crippen molar-refractivity contribution in [3.8, 4) is 16.5 Å². The third-order valence-corrected chi connectivity index (χ3v) is 4.75. The van der Waals surface area contributed by atoms with E-state index in [1.54, 1.807) is 16.2 Å². The lowest BCUT2D eigenvalue weighted by atomic mass is 9.99. The van der Waals surface area contributed by atoms with Crippen LogP contribution in [0.4, 0.5) is 0 Å². The van der Waals surface area contributed by atoms with Crippen LogP contribution in [0.25, 0.3) is 10.4 Å². The number of hydrogen-bond acceptors (Lipinski definition) is 3. The van der Waals surface area contributed by atoms with Crippen molar-refractivity contribution in [3.63, 3.8) is 0 Å². The maximum atomic E-state index is 12.5. The van der Waals surface area contributed by atoms with Gasteiger partial charge in [-0.25, -0.2) is 0 Å². The third-order valence-electron chi connectivity index (χ3n) is 3.83. The highest BCUT2D eigenvalue weighted by molar-refractivity contribution is 7.13. The maximum Gasteiger partial charge on any atom is 0.253 e. The maximum absolute atomic E-state index is 12.5. The monoisotopic (exact) mass is 296 g/mol. The van der Waals surface area contributed by atoms with E-state index >= 15 is 0 Å². The molecular weight excluding hydrogens is 280 g/mol. The van der Waals surface area contributed by atoms with E-state index < -0.39 is 0 Å². The van der Waals surface area contributed by atoms with Gasteiger partial charge in [-0.2, -0.15) is 5.26 Å². The molecule has 1 unspecified atom stereocenters. The first-order valence-corrected chi connectivity index (χ1v) is 7.99. The first-order chi connectivity index (χ1) is 10.3. The van der Waals surface area contributed by atoms with E-state index in [4.69, 9.17) is 5.26 Å². The number of amides is 1. The zero-order valence-corrected chi connectivity index (χ0v) is 12.5. The number of hydrogen-bond donors (Lipinski definition) is 0. The number of rotatable bonds is 2. The van der Waals surface area contributed by atoms with Gasteiger partial charge in [0.1, 0.15) is 0 Å². The highest BCUT2D eigenvalue weighted by Crippen LogP contribution is 2.25. The summed E-state index contributed by atoms with van der Waals surface area (Å²) in [6, 6.07) is 14.1. The van der Waals surface area contributed by atoms with Gasteiger partial charge in [-0.3, -0.25) is 4.79 Å². The molecule has 2 heterocycles. The Balaban J connectivity index is 1.75. The standard InChI is InChI=1S/C17H16N2OS/c18-11-13-3-1-9-19(12-13)17(20)15-7-5-14(6-8-15)16-4-2-10-21-16/h2,4-8,10,13H,1,3,9,12H2. The Hall–Kier alpha value is -2.12. The van der Waals surface area contributed by atoms with Gasteiger partial charge in [-0.05, 0) is 42.0 Å². The molecule has 0 aliphatic carbocycles. The second-order valence-electron chi connectivity index (χ2n) is 5.27. The SMILES string of the molecule is N#CC1CCCN(C(=O)c2ccc(-c3cccs3)cc2)C1. The van der Waals surface area contributed by atoms with E-state index in [2.05, 4.69) is 12.1 Å². The molecule has 1 aromatic heterocycles. The summed E-state index contributed by atoms with van der Waals surface area (Å²) in [5.41, 5.74) is 1.84. The number of nitriles is 1. The number of benzene rings is 1. The number of carbonyl (C=O) groups excluding carboxylic acids is 1. The van der Waals surface area contributed by atoms with Crippen molar-refractivity contribution < 1.29 is 4.79 Å². The van der Waals surface area contributed by atoms with E-state index in [0.717, 1.165) is 24.9 Å². The fraction of sp³-hybridized carbons (Fsp3) is 0.294. The summed E-state index contributed by atoms with van der Waals surface area (Å²) in [7, 11) is 0. The van der Waals surface area contributed by atoms with Crippen LogP contribution in [-0.4, -0.2) is 23.9 Å². The molecule has 1 fully saturated rings. The molecule has 0 spiro atoms. The van der Waals surface area contributed by atoms with Crippen molar-refractivity contribution in [2.45, 2.75) is 12.8 Å². The average molecular weight is 296 g/mol. The van der Waals surface area contributed by atoms with Gasteiger partial charge >= 0.3 is 0 Å². The van der Waals surface area contributed by atoms with Gasteiger partial charge in [-0.15, -0.1) is 11.3 Å². The Morgan fingerprint density at radius 3 is 2.76 bits per heavy atom. The van der Waals surface area contributed by atoms with Gasteiger partial charge in [0.05, 0.1) is 12.0 Å². The van der Waals surface area contributed by atoms with Crippen LogP contribution in [-0.2, 0) is 0 Å². The van der Waals surface area contributed by atoms with Crippen LogP contribution in [0.1, 0.15) is 23.2 Å². The molecule has 2 aromatic rings. The lowest BCUT2D eigenvalue weighted by Gasteiger charge is -2.29. The van der Waals surface area contributed by atoms with Gasteiger partial charge in [0.25, 0.3) is 5.91 Å². The van der Waals surface area contributed by atoms with E-state index in [0.29, 0.717) is 12.1 Å². The molecule has 1 aliphatic heterocycles. The number of nitrogens with zero attached hydrogens (tertiary/aromatic N) is 2. The van der Waals surface area contributed by atoms with Crippen LogP contribution in [0.15, 0.2) is 41.8 Å². The second kappa shape index (κ2) is 6.11. The van der Waals surface area contributed by atoms with E-state index in [9.17, 15) is 4.79 Å². The van der Waals surface area contributed by atoms with Gasteiger partial charge in [0.15, 0.2) is 0 Å². The number of piperidine rings is 1. The molecule has 1 aliphatic rings. The Labute approximate surface area is 128 Å². The summed E-state index contributed by atoms with van der Waals surface area (Å²) >= 11 is 1.69. The van der Waals surface area contributed by atoms with Gasteiger partial charge in [0, 0.05) is 23.5 Å². The molecule has 3 nitrogen and oxygen atoms in total. The Kier molecular flexibility index (Phi) is 4.03. The fourth-order valence-electron chi connectivity index (χ4n) is 2.67. The first kappa shape index (κ1) is 13.8. The molecule has 21 heavy (non-hydrogen) atoms. The summed E-state index contributed by atoms with van der Waals surface area (Å²) < 4.78 is 0. The quantitative estimate of drug-likeness (QED) is 0.846. The Morgan fingerprint density at radius 2 is 2.10 bits per heavy atom. The Morgan fingerprint density at radius 1 is 1.29 bits per heavy atom. The predicted molar refractivity (Wildman–Crippen MR) is 84.0 cm³/mol. The van der Waals surface area contributed by atoms with Crippen LogP contribution < -0.4 is 0 Å². The van der Waals surface area contributed by atoms with Crippen LogP contribution >= 0.6 is 11.3 Å². The minimum atomic E-state index is -0.0203. The normalized spacial score (nSPS) is 18.2. The van der Waals surface area contributed by atoms with E-state index in [-0.39, 0.29) is 11.8 Å². The Bertz CT molecular complexity index is 655. The molecule has 106 valence electrons. The molecule has 1 amide bonds. The summed E-state index contributed by atoms with van der Waals surface area (Å²) in [5, 5.41) is 11.1. The zero-order chi connectivity index (χ0) is 14.7. The van der Waals surface area contributed by atoms with Crippen LogP contribution in [0, 0.1) is 17.2 Å². The molecule has 1 saturated heterocycles. The minimum Gasteiger partial charge on any atom is -0.337 e. The van der Waals surface area contributed by atoms with E-state index in [1.807, 2.05) is 35.7 Å². The largest absolute Gasteiger partial charge is 0.337 e. The lowest BCUT2D eigenvalue weighted by Crippen LogP contribution is -2.39. The summed E-state index contributed by atoms with van der Waals surface area (Å²) in [6.45, 7) is 1.31. The van der Waals surface area contributed by atoms with Crippen molar-refractivity contribution in [2.75, 3.05) is 13.1 Å². The molecule has 4 heteroatoms. The van der Waals surface area contributed by atoms with Crippen LogP contribution in [0.2, 0.25) is 0 Å². The van der Waals surface area contributed by atoms with E-state index in [1.165, 1.54) is 4.88 Å². The molecule has 0 N–H and O–H groups in total. The lowest BCUT2D eigenvalue weighted by molar-refractivity contribution is 0.0699. The van der Waals surface area contributed by atoms with Crippen molar-refractivity contribution in [1.29, 1.82) is 5.26 Å². The van der Waals surface area contributed by atoms with Crippen molar-refractivity contribution in [3.05, 3.63) is 47.3 Å².